The Hall–Kier alpha value is -1.89. The van der Waals surface area contributed by atoms with Gasteiger partial charge >= 0.3 is 0 Å². The van der Waals surface area contributed by atoms with Crippen LogP contribution < -0.4 is 0 Å². The van der Waals surface area contributed by atoms with Gasteiger partial charge in [-0.25, -0.2) is 0 Å². The number of likely N-dealkylation sites (N-methyl/N-ethyl adjacent to an activating group) is 1. The Balaban J connectivity index is 1.68. The summed E-state index contributed by atoms with van der Waals surface area (Å²) in [5, 5.41) is 3.58. The number of nitrogens with zero attached hydrogens (tertiary/aromatic N) is 3. The van der Waals surface area contributed by atoms with Crippen LogP contribution in [-0.2, 0) is 9.53 Å². The Labute approximate surface area is 129 Å². The molecule has 0 radical (unpaired) electrons. The molecule has 0 aliphatic carbocycles. The van der Waals surface area contributed by atoms with Gasteiger partial charge < -0.3 is 19.1 Å². The zero-order valence-corrected chi connectivity index (χ0v) is 12.9. The van der Waals surface area contributed by atoms with E-state index in [1.54, 1.807) is 30.0 Å². The lowest BCUT2D eigenvalue weighted by Gasteiger charge is -2.39. The number of amides is 2. The van der Waals surface area contributed by atoms with Gasteiger partial charge in [-0.1, -0.05) is 5.16 Å². The molecule has 0 aromatic carbocycles. The molecule has 0 unspecified atom stereocenters. The number of hydrogen-bond donors (Lipinski definition) is 0. The molecule has 2 atom stereocenters. The van der Waals surface area contributed by atoms with Gasteiger partial charge in [0, 0.05) is 38.7 Å². The highest BCUT2D eigenvalue weighted by Crippen LogP contribution is 2.41. The number of likely N-dealkylation sites (tertiary alicyclic amines) is 1. The summed E-state index contributed by atoms with van der Waals surface area (Å²) in [6.07, 6.45) is 3.63. The minimum absolute atomic E-state index is 0.00411. The van der Waals surface area contributed by atoms with Gasteiger partial charge in [0.1, 0.15) is 6.10 Å². The Kier molecular flexibility index (Phi) is 3.90. The van der Waals surface area contributed by atoms with E-state index in [4.69, 9.17) is 9.26 Å². The molecule has 2 aliphatic rings. The quantitative estimate of drug-likeness (QED) is 0.807. The molecule has 2 fully saturated rings. The van der Waals surface area contributed by atoms with Crippen molar-refractivity contribution in [1.29, 1.82) is 0 Å². The van der Waals surface area contributed by atoms with E-state index in [1.165, 1.54) is 6.20 Å². The molecule has 2 amide bonds. The lowest BCUT2D eigenvalue weighted by molar-refractivity contribution is -0.138. The zero-order chi connectivity index (χ0) is 15.7. The van der Waals surface area contributed by atoms with Gasteiger partial charge in [0.2, 0.25) is 5.76 Å². The molecule has 22 heavy (non-hydrogen) atoms. The van der Waals surface area contributed by atoms with Crippen molar-refractivity contribution in [2.75, 3.05) is 33.8 Å². The van der Waals surface area contributed by atoms with Crippen LogP contribution in [0.4, 0.5) is 0 Å². The number of carbonyl (C=O) groups excluding carboxylic acids is 2. The van der Waals surface area contributed by atoms with Crippen molar-refractivity contribution < 1.29 is 18.8 Å². The first-order valence-corrected chi connectivity index (χ1v) is 7.53. The fourth-order valence-corrected chi connectivity index (χ4v) is 3.38. The van der Waals surface area contributed by atoms with Crippen LogP contribution >= 0.6 is 0 Å². The fraction of sp³-hybridized carbons (Fsp3) is 0.667. The van der Waals surface area contributed by atoms with E-state index >= 15 is 0 Å². The molecular weight excluding hydrogens is 286 g/mol. The Morgan fingerprint density at radius 1 is 1.45 bits per heavy atom. The number of rotatable bonds is 2. The molecule has 1 aromatic heterocycles. The summed E-state index contributed by atoms with van der Waals surface area (Å²) in [6.45, 7) is 1.83. The first-order chi connectivity index (χ1) is 10.5. The maximum atomic E-state index is 12.4. The third-order valence-electron chi connectivity index (χ3n) is 4.52. The Morgan fingerprint density at radius 2 is 2.27 bits per heavy atom. The predicted octanol–water partition coefficient (Wildman–Crippen LogP) is 0.774. The minimum Gasteiger partial charge on any atom is -0.368 e. The molecule has 1 aromatic rings. The fourth-order valence-electron chi connectivity index (χ4n) is 3.38. The molecule has 120 valence electrons. The molecule has 2 saturated heterocycles. The van der Waals surface area contributed by atoms with Crippen molar-refractivity contribution in [3.05, 3.63) is 18.0 Å². The summed E-state index contributed by atoms with van der Waals surface area (Å²) in [5.74, 6) is 0.117. The standard InChI is InChI=1S/C15H21N3O4/c1-17(2)13(19)12-8-15(10-21-12)5-3-7-18(9-15)14(20)11-4-6-16-22-11/h4,6,12H,3,5,7-10H2,1-2H3/t12-,15+/m1/s1. The second-order valence-corrected chi connectivity index (χ2v) is 6.44. The van der Waals surface area contributed by atoms with Crippen molar-refractivity contribution in [2.24, 2.45) is 5.41 Å². The average molecular weight is 307 g/mol. The van der Waals surface area contributed by atoms with Crippen LogP contribution in [0.15, 0.2) is 16.8 Å². The molecule has 2 aliphatic heterocycles. The lowest BCUT2D eigenvalue weighted by atomic mass is 9.78. The van der Waals surface area contributed by atoms with Crippen LogP contribution in [0.3, 0.4) is 0 Å². The van der Waals surface area contributed by atoms with E-state index in [0.29, 0.717) is 26.1 Å². The van der Waals surface area contributed by atoms with Crippen LogP contribution in [0, 0.1) is 5.41 Å². The van der Waals surface area contributed by atoms with E-state index in [0.717, 1.165) is 12.8 Å². The second-order valence-electron chi connectivity index (χ2n) is 6.44. The Bertz CT molecular complexity index is 557. The average Bonchev–Trinajstić information content (AvgIpc) is 3.16. The van der Waals surface area contributed by atoms with Crippen LogP contribution in [-0.4, -0.2) is 66.7 Å². The first kappa shape index (κ1) is 15.0. The van der Waals surface area contributed by atoms with Gasteiger partial charge in [-0.05, 0) is 19.3 Å². The van der Waals surface area contributed by atoms with E-state index in [1.807, 2.05) is 0 Å². The highest BCUT2D eigenvalue weighted by atomic mass is 16.5. The molecule has 0 saturated carbocycles. The van der Waals surface area contributed by atoms with Gasteiger partial charge in [0.05, 0.1) is 12.8 Å². The van der Waals surface area contributed by atoms with Crippen molar-refractivity contribution in [2.45, 2.75) is 25.4 Å². The summed E-state index contributed by atoms with van der Waals surface area (Å²) in [4.78, 5) is 27.8. The van der Waals surface area contributed by atoms with Gasteiger partial charge in [-0.3, -0.25) is 9.59 Å². The maximum absolute atomic E-state index is 12.4. The Morgan fingerprint density at radius 3 is 2.95 bits per heavy atom. The summed E-state index contributed by atoms with van der Waals surface area (Å²) >= 11 is 0. The minimum atomic E-state index is -0.393. The van der Waals surface area contributed by atoms with Gasteiger partial charge in [0.25, 0.3) is 11.8 Å². The van der Waals surface area contributed by atoms with Crippen molar-refractivity contribution in [1.82, 2.24) is 15.0 Å². The van der Waals surface area contributed by atoms with Crippen molar-refractivity contribution in [3.8, 4) is 0 Å². The van der Waals surface area contributed by atoms with Crippen LogP contribution in [0.5, 0.6) is 0 Å². The normalized spacial score (nSPS) is 28.1. The SMILES string of the molecule is CN(C)C(=O)[C@H]1C[C@]2(CCCN(C(=O)c3ccno3)C2)CO1. The van der Waals surface area contributed by atoms with Crippen LogP contribution in [0.25, 0.3) is 0 Å². The molecule has 3 heterocycles. The van der Waals surface area contributed by atoms with Gasteiger partial charge in [-0.2, -0.15) is 0 Å². The molecule has 7 heteroatoms. The van der Waals surface area contributed by atoms with E-state index in [9.17, 15) is 9.59 Å². The van der Waals surface area contributed by atoms with Crippen LogP contribution in [0.2, 0.25) is 0 Å². The molecule has 3 rings (SSSR count). The third kappa shape index (κ3) is 2.72. The summed E-state index contributed by atoms with van der Waals surface area (Å²) in [7, 11) is 3.47. The molecule has 0 bridgehead atoms. The summed E-state index contributed by atoms with van der Waals surface area (Å²) in [6, 6.07) is 1.58. The topological polar surface area (TPSA) is 75.9 Å². The number of carbonyl (C=O) groups is 2. The zero-order valence-electron chi connectivity index (χ0n) is 12.9. The largest absolute Gasteiger partial charge is 0.368 e. The molecule has 7 nitrogen and oxygen atoms in total. The first-order valence-electron chi connectivity index (χ1n) is 7.53. The highest BCUT2D eigenvalue weighted by Gasteiger charge is 2.46. The van der Waals surface area contributed by atoms with Crippen molar-refractivity contribution in [3.63, 3.8) is 0 Å². The smallest absolute Gasteiger partial charge is 0.292 e. The van der Waals surface area contributed by atoms with E-state index < -0.39 is 6.10 Å². The van der Waals surface area contributed by atoms with Crippen LogP contribution in [0.1, 0.15) is 29.8 Å². The highest BCUT2D eigenvalue weighted by molar-refractivity contribution is 5.91. The number of aromatic nitrogens is 1. The van der Waals surface area contributed by atoms with Gasteiger partial charge in [0.15, 0.2) is 0 Å². The summed E-state index contributed by atoms with van der Waals surface area (Å²) < 4.78 is 10.7. The lowest BCUT2D eigenvalue weighted by Crippen LogP contribution is -2.46. The second kappa shape index (κ2) is 5.72. The molecule has 0 N–H and O–H groups in total. The van der Waals surface area contributed by atoms with E-state index in [-0.39, 0.29) is 23.0 Å². The predicted molar refractivity (Wildman–Crippen MR) is 77.1 cm³/mol. The number of piperidine rings is 1. The number of hydrogen-bond acceptors (Lipinski definition) is 5. The molecule has 1 spiro atoms. The third-order valence-corrected chi connectivity index (χ3v) is 4.52. The monoisotopic (exact) mass is 307 g/mol. The number of ether oxygens (including phenoxy) is 1. The van der Waals surface area contributed by atoms with Crippen molar-refractivity contribution >= 4 is 11.8 Å². The van der Waals surface area contributed by atoms with Gasteiger partial charge in [-0.15, -0.1) is 0 Å². The molecular formula is C15H21N3O4. The summed E-state index contributed by atoms with van der Waals surface area (Å²) in [5.41, 5.74) is -0.121. The van der Waals surface area contributed by atoms with E-state index in [2.05, 4.69) is 5.16 Å². The maximum Gasteiger partial charge on any atom is 0.292 e.